The van der Waals surface area contributed by atoms with Crippen LogP contribution in [0, 0.1) is 5.92 Å². The van der Waals surface area contributed by atoms with Crippen molar-refractivity contribution in [2.24, 2.45) is 5.92 Å². The quantitative estimate of drug-likeness (QED) is 0.550. The Bertz CT molecular complexity index is 1110. The number of sulfonamides is 1. The molecule has 0 aliphatic carbocycles. The Morgan fingerprint density at radius 1 is 0.909 bits per heavy atom. The van der Waals surface area contributed by atoms with Crippen LogP contribution in [0.25, 0.3) is 0 Å². The van der Waals surface area contributed by atoms with Crippen LogP contribution in [0.1, 0.15) is 48.6 Å². The summed E-state index contributed by atoms with van der Waals surface area (Å²) in [5, 5.41) is 8.83. The highest BCUT2D eigenvalue weighted by Gasteiger charge is 2.29. The van der Waals surface area contributed by atoms with Crippen molar-refractivity contribution in [3.05, 3.63) is 83.4 Å². The average Bonchev–Trinajstić information content (AvgIpc) is 3.09. The number of nitrogens with one attached hydrogen (secondary N) is 1. The molecule has 0 fully saturated rings. The molecule has 3 aromatic rings. The third kappa shape index (κ3) is 5.88. The van der Waals surface area contributed by atoms with Crippen LogP contribution in [0.4, 0.5) is 0 Å². The fraction of sp³-hybridized carbons (Fsp3) is 0.440. The Kier molecular flexibility index (Phi) is 7.26. The van der Waals surface area contributed by atoms with Crippen LogP contribution in [0.3, 0.4) is 0 Å². The Hall–Kier alpha value is -2.55. The Morgan fingerprint density at radius 2 is 1.52 bits per heavy atom. The van der Waals surface area contributed by atoms with E-state index in [0.717, 1.165) is 38.4 Å². The molecule has 1 aromatic heterocycles. The number of hydrogen-bond acceptors (Lipinski definition) is 5. The molecule has 8 heteroatoms. The average molecular weight is 468 g/mol. The lowest BCUT2D eigenvalue weighted by molar-refractivity contribution is 0.268. The highest BCUT2D eigenvalue weighted by atomic mass is 32.2. The van der Waals surface area contributed by atoms with E-state index in [-0.39, 0.29) is 11.8 Å². The SMILES string of the molecule is CC(C)[C@H](NS(C)(=O)=O)c1nnc2n1CCN(CC(c1ccccc1)c1ccccc1)CC2. The van der Waals surface area contributed by atoms with Gasteiger partial charge in [-0.05, 0) is 17.0 Å². The van der Waals surface area contributed by atoms with Crippen molar-refractivity contribution in [2.45, 2.75) is 38.8 Å². The topological polar surface area (TPSA) is 80.1 Å². The molecule has 0 saturated carbocycles. The normalized spacial score (nSPS) is 16.0. The van der Waals surface area contributed by atoms with Crippen LogP contribution >= 0.6 is 0 Å². The number of fused-ring (bicyclic) bond motifs is 1. The third-order valence-corrected chi connectivity index (χ3v) is 6.96. The summed E-state index contributed by atoms with van der Waals surface area (Å²) in [4.78, 5) is 2.48. The van der Waals surface area contributed by atoms with Crippen molar-refractivity contribution < 1.29 is 8.42 Å². The van der Waals surface area contributed by atoms with Gasteiger partial charge in [0, 0.05) is 38.5 Å². The zero-order chi connectivity index (χ0) is 23.4. The van der Waals surface area contributed by atoms with Crippen LogP contribution in [-0.4, -0.2) is 54.0 Å². The molecule has 1 atom stereocenters. The summed E-state index contributed by atoms with van der Waals surface area (Å²) in [6, 6.07) is 20.9. The molecule has 0 bridgehead atoms. The maximum absolute atomic E-state index is 11.9. The molecule has 0 unspecified atom stereocenters. The van der Waals surface area contributed by atoms with Crippen molar-refractivity contribution in [3.63, 3.8) is 0 Å². The van der Waals surface area contributed by atoms with Crippen LogP contribution < -0.4 is 4.72 Å². The summed E-state index contributed by atoms with van der Waals surface area (Å²) < 4.78 is 28.8. The van der Waals surface area contributed by atoms with E-state index < -0.39 is 16.1 Å². The van der Waals surface area contributed by atoms with Gasteiger partial charge in [-0.1, -0.05) is 74.5 Å². The van der Waals surface area contributed by atoms with Gasteiger partial charge in [-0.3, -0.25) is 0 Å². The van der Waals surface area contributed by atoms with Gasteiger partial charge in [-0.25, -0.2) is 13.1 Å². The van der Waals surface area contributed by atoms with Gasteiger partial charge in [0.25, 0.3) is 0 Å². The highest BCUT2D eigenvalue weighted by molar-refractivity contribution is 7.88. The van der Waals surface area contributed by atoms with Crippen molar-refractivity contribution in [3.8, 4) is 0 Å². The summed E-state index contributed by atoms with van der Waals surface area (Å²) >= 11 is 0. The minimum Gasteiger partial charge on any atom is -0.312 e. The molecule has 176 valence electrons. The monoisotopic (exact) mass is 467 g/mol. The second-order valence-corrected chi connectivity index (χ2v) is 10.9. The fourth-order valence-electron chi connectivity index (χ4n) is 4.55. The molecule has 2 heterocycles. The molecule has 1 aliphatic rings. The minimum absolute atomic E-state index is 0.0629. The molecule has 1 aliphatic heterocycles. The smallest absolute Gasteiger partial charge is 0.209 e. The molecule has 2 aromatic carbocycles. The maximum atomic E-state index is 11.9. The number of hydrogen-bond donors (Lipinski definition) is 1. The first-order chi connectivity index (χ1) is 15.8. The predicted molar refractivity (Wildman–Crippen MR) is 130 cm³/mol. The molecular formula is C25H33N5O2S. The highest BCUT2D eigenvalue weighted by Crippen LogP contribution is 2.27. The van der Waals surface area contributed by atoms with E-state index >= 15 is 0 Å². The standard InChI is InChI=1S/C25H33N5O2S/c1-19(2)24(28-33(3,31)32)25-27-26-23-14-15-29(16-17-30(23)25)18-22(20-10-6-4-7-11-20)21-12-8-5-9-13-21/h4-13,19,22,24,28H,14-18H2,1-3H3/t24-/m0/s1. The molecule has 4 rings (SSSR count). The van der Waals surface area contributed by atoms with Crippen LogP contribution in [0.15, 0.2) is 60.7 Å². The van der Waals surface area contributed by atoms with E-state index in [4.69, 9.17) is 0 Å². The molecule has 0 radical (unpaired) electrons. The molecule has 33 heavy (non-hydrogen) atoms. The van der Waals surface area contributed by atoms with Crippen LogP contribution in [0.2, 0.25) is 0 Å². The molecule has 1 N–H and O–H groups in total. The summed E-state index contributed by atoms with van der Waals surface area (Å²) in [7, 11) is -3.36. The molecule has 7 nitrogen and oxygen atoms in total. The molecule has 0 spiro atoms. The zero-order valence-electron chi connectivity index (χ0n) is 19.6. The van der Waals surface area contributed by atoms with Crippen molar-refractivity contribution >= 4 is 10.0 Å². The van der Waals surface area contributed by atoms with Gasteiger partial charge >= 0.3 is 0 Å². The number of rotatable bonds is 8. The second kappa shape index (κ2) is 10.2. The van der Waals surface area contributed by atoms with Crippen molar-refractivity contribution in [1.29, 1.82) is 0 Å². The lowest BCUT2D eigenvalue weighted by atomic mass is 9.90. The first-order valence-corrected chi connectivity index (χ1v) is 13.4. The van der Waals surface area contributed by atoms with Gasteiger partial charge in [0.1, 0.15) is 5.82 Å². The zero-order valence-corrected chi connectivity index (χ0v) is 20.4. The van der Waals surface area contributed by atoms with E-state index in [1.54, 1.807) is 0 Å². The van der Waals surface area contributed by atoms with Gasteiger partial charge in [-0.2, -0.15) is 0 Å². The van der Waals surface area contributed by atoms with E-state index in [1.165, 1.54) is 17.4 Å². The predicted octanol–water partition coefficient (Wildman–Crippen LogP) is 3.21. The molecule has 0 saturated heterocycles. The van der Waals surface area contributed by atoms with Crippen molar-refractivity contribution in [2.75, 3.05) is 25.9 Å². The van der Waals surface area contributed by atoms with Crippen LogP contribution in [-0.2, 0) is 23.0 Å². The van der Waals surface area contributed by atoms with Gasteiger partial charge in [-0.15, -0.1) is 10.2 Å². The van der Waals surface area contributed by atoms with E-state index in [2.05, 4.69) is 85.1 Å². The van der Waals surface area contributed by atoms with Gasteiger partial charge in [0.05, 0.1) is 12.3 Å². The second-order valence-electron chi connectivity index (χ2n) is 9.16. The molecule has 0 amide bonds. The van der Waals surface area contributed by atoms with E-state index in [0.29, 0.717) is 5.82 Å². The fourth-order valence-corrected chi connectivity index (χ4v) is 5.39. The summed E-state index contributed by atoms with van der Waals surface area (Å²) in [5.41, 5.74) is 2.62. The van der Waals surface area contributed by atoms with Crippen molar-refractivity contribution in [1.82, 2.24) is 24.4 Å². The lowest BCUT2D eigenvalue weighted by Crippen LogP contribution is -2.34. The maximum Gasteiger partial charge on any atom is 0.209 e. The lowest BCUT2D eigenvalue weighted by Gasteiger charge is -2.27. The Balaban J connectivity index is 1.54. The first-order valence-electron chi connectivity index (χ1n) is 11.5. The van der Waals surface area contributed by atoms with E-state index in [1.807, 2.05) is 13.8 Å². The molecular weight excluding hydrogens is 434 g/mol. The summed E-state index contributed by atoms with van der Waals surface area (Å²) in [6.07, 6.45) is 1.98. The summed E-state index contributed by atoms with van der Waals surface area (Å²) in [5.74, 6) is 1.97. The summed E-state index contributed by atoms with van der Waals surface area (Å²) in [6.45, 7) is 7.40. The Labute approximate surface area is 196 Å². The van der Waals surface area contributed by atoms with Crippen LogP contribution in [0.5, 0.6) is 0 Å². The largest absolute Gasteiger partial charge is 0.312 e. The minimum atomic E-state index is -3.36. The number of aromatic nitrogens is 3. The van der Waals surface area contributed by atoms with Gasteiger partial charge < -0.3 is 9.47 Å². The number of nitrogens with zero attached hydrogens (tertiary/aromatic N) is 4. The van der Waals surface area contributed by atoms with Gasteiger partial charge in [0.15, 0.2) is 5.82 Å². The first kappa shape index (κ1) is 23.6. The van der Waals surface area contributed by atoms with E-state index in [9.17, 15) is 8.42 Å². The Morgan fingerprint density at radius 3 is 2.06 bits per heavy atom. The van der Waals surface area contributed by atoms with Gasteiger partial charge in [0.2, 0.25) is 10.0 Å². The number of benzene rings is 2. The third-order valence-electron chi connectivity index (χ3n) is 6.28.